The minimum absolute atomic E-state index is 0.0168. The zero-order valence-corrected chi connectivity index (χ0v) is 11.9. The lowest BCUT2D eigenvalue weighted by Crippen LogP contribution is -2.08. The molecule has 0 amide bonds. The second kappa shape index (κ2) is 5.54. The zero-order chi connectivity index (χ0) is 14.8. The summed E-state index contributed by atoms with van der Waals surface area (Å²) in [4.78, 5) is 7.66. The van der Waals surface area contributed by atoms with Gasteiger partial charge in [-0.1, -0.05) is 0 Å². The summed E-state index contributed by atoms with van der Waals surface area (Å²) in [6, 6.07) is 4.26. The van der Waals surface area contributed by atoms with E-state index in [1.54, 1.807) is 12.3 Å². The van der Waals surface area contributed by atoms with Gasteiger partial charge in [-0.15, -0.1) is 0 Å². The van der Waals surface area contributed by atoms with E-state index in [0.29, 0.717) is 11.3 Å². The predicted molar refractivity (Wildman–Crippen MR) is 73.6 cm³/mol. The maximum absolute atomic E-state index is 13.1. The van der Waals surface area contributed by atoms with Gasteiger partial charge in [0.05, 0.1) is 24.1 Å². The number of hydrogen-bond donors (Lipinski definition) is 1. The van der Waals surface area contributed by atoms with Crippen molar-refractivity contribution in [1.82, 2.24) is 9.97 Å². The van der Waals surface area contributed by atoms with Crippen LogP contribution in [0.15, 0.2) is 41.8 Å². The quantitative estimate of drug-likeness (QED) is 0.936. The molecule has 20 heavy (non-hydrogen) atoms. The first kappa shape index (κ1) is 14.4. The summed E-state index contributed by atoms with van der Waals surface area (Å²) < 4.78 is 35.7. The molecule has 0 aliphatic carbocycles. The first-order chi connectivity index (χ1) is 9.36. The van der Waals surface area contributed by atoms with Crippen LogP contribution in [0.3, 0.4) is 0 Å². The van der Waals surface area contributed by atoms with Crippen LogP contribution in [0.2, 0.25) is 0 Å². The highest BCUT2D eigenvalue weighted by molar-refractivity contribution is 7.90. The van der Waals surface area contributed by atoms with Gasteiger partial charge in [-0.2, -0.15) is 0 Å². The molecule has 2 aromatic rings. The highest BCUT2D eigenvalue weighted by Gasteiger charge is 2.10. The van der Waals surface area contributed by atoms with Gasteiger partial charge in [0.25, 0.3) is 0 Å². The first-order valence-electron chi connectivity index (χ1n) is 5.89. The molecule has 0 bridgehead atoms. The highest BCUT2D eigenvalue weighted by Crippen LogP contribution is 2.19. The van der Waals surface area contributed by atoms with Gasteiger partial charge in [-0.25, -0.2) is 17.8 Å². The van der Waals surface area contributed by atoms with Crippen LogP contribution in [0.4, 0.5) is 10.1 Å². The molecule has 0 fully saturated rings. The van der Waals surface area contributed by atoms with E-state index in [9.17, 15) is 12.8 Å². The van der Waals surface area contributed by atoms with Crippen molar-refractivity contribution in [1.29, 1.82) is 0 Å². The van der Waals surface area contributed by atoms with Crippen molar-refractivity contribution >= 4 is 15.5 Å². The van der Waals surface area contributed by atoms with Gasteiger partial charge in [0, 0.05) is 12.5 Å². The van der Waals surface area contributed by atoms with Gasteiger partial charge in [-0.05, 0) is 30.7 Å². The number of aromatic nitrogens is 2. The van der Waals surface area contributed by atoms with Gasteiger partial charge in [0.15, 0.2) is 14.9 Å². The third-order valence-corrected chi connectivity index (χ3v) is 3.73. The summed E-state index contributed by atoms with van der Waals surface area (Å²) in [5, 5.41) is 3.12. The molecule has 0 aliphatic rings. The number of anilines is 1. The second-order valence-electron chi connectivity index (χ2n) is 4.46. The fraction of sp³-hybridized carbons (Fsp3) is 0.231. The van der Waals surface area contributed by atoms with E-state index < -0.39 is 15.7 Å². The molecule has 0 saturated heterocycles. The molecule has 1 N–H and O–H groups in total. The van der Waals surface area contributed by atoms with E-state index in [-0.39, 0.29) is 11.1 Å². The van der Waals surface area contributed by atoms with Crippen LogP contribution in [0.1, 0.15) is 18.5 Å². The average Bonchev–Trinajstić information content (AvgIpc) is 2.38. The van der Waals surface area contributed by atoms with Gasteiger partial charge in [-0.3, -0.25) is 4.98 Å². The minimum atomic E-state index is -3.30. The summed E-state index contributed by atoms with van der Waals surface area (Å²) in [5.41, 5.74) is 1.34. The van der Waals surface area contributed by atoms with Crippen molar-refractivity contribution in [2.75, 3.05) is 11.6 Å². The third kappa shape index (κ3) is 3.51. The molecule has 7 heteroatoms. The molecule has 2 heterocycles. The molecule has 0 radical (unpaired) electrons. The van der Waals surface area contributed by atoms with Crippen molar-refractivity contribution in [3.63, 3.8) is 0 Å². The first-order valence-corrected chi connectivity index (χ1v) is 7.78. The van der Waals surface area contributed by atoms with Crippen LogP contribution in [-0.4, -0.2) is 24.6 Å². The Morgan fingerprint density at radius 3 is 2.55 bits per heavy atom. The minimum Gasteiger partial charge on any atom is -0.377 e. The largest absolute Gasteiger partial charge is 0.377 e. The molecule has 0 aromatic carbocycles. The number of sulfone groups is 1. The summed E-state index contributed by atoms with van der Waals surface area (Å²) in [6.45, 7) is 1.85. The fourth-order valence-corrected chi connectivity index (χ4v) is 2.24. The number of rotatable bonds is 4. The monoisotopic (exact) mass is 295 g/mol. The van der Waals surface area contributed by atoms with Gasteiger partial charge < -0.3 is 5.32 Å². The van der Waals surface area contributed by atoms with Gasteiger partial charge in [0.1, 0.15) is 5.82 Å². The van der Waals surface area contributed by atoms with Crippen molar-refractivity contribution in [3.8, 4) is 0 Å². The predicted octanol–water partition coefficient (Wildman–Crippen LogP) is 2.19. The molecule has 2 rings (SSSR count). The summed E-state index contributed by atoms with van der Waals surface area (Å²) >= 11 is 0. The van der Waals surface area contributed by atoms with E-state index in [0.717, 1.165) is 12.5 Å². The Morgan fingerprint density at radius 2 is 2.00 bits per heavy atom. The SMILES string of the molecule is CC(Nc1ccc(S(C)(=O)=O)nc1)c1cncc(F)c1. The lowest BCUT2D eigenvalue weighted by molar-refractivity contribution is 0.598. The molecule has 1 atom stereocenters. The molecule has 106 valence electrons. The zero-order valence-electron chi connectivity index (χ0n) is 11.0. The smallest absolute Gasteiger partial charge is 0.192 e. The summed E-state index contributed by atoms with van der Waals surface area (Å²) in [5.74, 6) is -0.401. The molecule has 5 nitrogen and oxygen atoms in total. The number of hydrogen-bond acceptors (Lipinski definition) is 5. The van der Waals surface area contributed by atoms with Crippen LogP contribution >= 0.6 is 0 Å². The average molecular weight is 295 g/mol. The Kier molecular flexibility index (Phi) is 3.99. The fourth-order valence-electron chi connectivity index (χ4n) is 1.68. The maximum Gasteiger partial charge on any atom is 0.192 e. The van der Waals surface area contributed by atoms with Crippen LogP contribution in [0.5, 0.6) is 0 Å². The van der Waals surface area contributed by atoms with Gasteiger partial charge >= 0.3 is 0 Å². The summed E-state index contributed by atoms with van der Waals surface area (Å²) in [7, 11) is -3.30. The van der Waals surface area contributed by atoms with Crippen LogP contribution in [0, 0.1) is 5.82 Å². The topological polar surface area (TPSA) is 72.0 Å². The Balaban J connectivity index is 2.14. The third-order valence-electron chi connectivity index (χ3n) is 2.73. The number of nitrogens with one attached hydrogen (secondary N) is 1. The highest BCUT2D eigenvalue weighted by atomic mass is 32.2. The second-order valence-corrected chi connectivity index (χ2v) is 6.42. The van der Waals surface area contributed by atoms with E-state index in [4.69, 9.17) is 0 Å². The molecule has 1 unspecified atom stereocenters. The lowest BCUT2D eigenvalue weighted by atomic mass is 10.1. The van der Waals surface area contributed by atoms with E-state index in [1.165, 1.54) is 18.3 Å². The number of halogens is 1. The number of pyridine rings is 2. The van der Waals surface area contributed by atoms with Gasteiger partial charge in [0.2, 0.25) is 0 Å². The van der Waals surface area contributed by atoms with Crippen molar-refractivity contribution in [2.45, 2.75) is 18.0 Å². The molecule has 0 aliphatic heterocycles. The molecule has 0 spiro atoms. The Morgan fingerprint density at radius 1 is 1.25 bits per heavy atom. The van der Waals surface area contributed by atoms with E-state index >= 15 is 0 Å². The molecular weight excluding hydrogens is 281 g/mol. The Hall–Kier alpha value is -2.02. The molecule has 2 aromatic heterocycles. The van der Waals surface area contributed by atoms with Crippen LogP contribution in [-0.2, 0) is 9.84 Å². The van der Waals surface area contributed by atoms with Crippen molar-refractivity contribution in [2.24, 2.45) is 0 Å². The van der Waals surface area contributed by atoms with Crippen molar-refractivity contribution in [3.05, 3.63) is 48.2 Å². The number of nitrogens with zero attached hydrogens (tertiary/aromatic N) is 2. The lowest BCUT2D eigenvalue weighted by Gasteiger charge is -2.15. The maximum atomic E-state index is 13.1. The van der Waals surface area contributed by atoms with Crippen molar-refractivity contribution < 1.29 is 12.8 Å². The standard InChI is InChI=1S/C13H14FN3O2S/c1-9(10-5-11(14)7-15-6-10)17-12-3-4-13(16-8-12)20(2,18)19/h3-9,17H,1-2H3. The molecule has 0 saturated carbocycles. The van der Waals surface area contributed by atoms with E-state index in [2.05, 4.69) is 15.3 Å². The Bertz CT molecular complexity index is 702. The summed E-state index contributed by atoms with van der Waals surface area (Å²) in [6.07, 6.45) is 5.24. The van der Waals surface area contributed by atoms with Crippen LogP contribution < -0.4 is 5.32 Å². The normalized spacial score (nSPS) is 12.9. The Labute approximate surface area is 116 Å². The molecular formula is C13H14FN3O2S. The van der Waals surface area contributed by atoms with Crippen LogP contribution in [0.25, 0.3) is 0 Å². The van der Waals surface area contributed by atoms with E-state index in [1.807, 2.05) is 6.92 Å².